The van der Waals surface area contributed by atoms with Gasteiger partial charge in [0.25, 0.3) is 0 Å². The van der Waals surface area contributed by atoms with E-state index in [2.05, 4.69) is 11.4 Å². The minimum Gasteiger partial charge on any atom is -0.444 e. The second-order valence-corrected chi connectivity index (χ2v) is 4.62. The van der Waals surface area contributed by atoms with Crippen molar-refractivity contribution in [1.29, 1.82) is 5.26 Å². The van der Waals surface area contributed by atoms with Gasteiger partial charge in [-0.25, -0.2) is 4.79 Å². The summed E-state index contributed by atoms with van der Waals surface area (Å²) in [6.45, 7) is 6.04. The summed E-state index contributed by atoms with van der Waals surface area (Å²) in [5.74, 6) is 0. The van der Waals surface area contributed by atoms with E-state index in [4.69, 9.17) is 14.7 Å². The van der Waals surface area contributed by atoms with Crippen LogP contribution in [0.3, 0.4) is 0 Å². The highest BCUT2D eigenvalue weighted by atomic mass is 16.6. The van der Waals surface area contributed by atoms with Crippen molar-refractivity contribution in [3.05, 3.63) is 0 Å². The minimum absolute atomic E-state index is 0.225. The molecule has 5 heteroatoms. The fourth-order valence-electron chi connectivity index (χ4n) is 1.28. The van der Waals surface area contributed by atoms with Crippen molar-refractivity contribution < 1.29 is 14.3 Å². The molecule has 1 rings (SSSR count). The third kappa shape index (κ3) is 3.40. The summed E-state index contributed by atoms with van der Waals surface area (Å²) in [6.07, 6.45) is -0.0718. The first kappa shape index (κ1) is 11.8. The predicted octanol–water partition coefficient (Wildman–Crippen LogP) is 1.19. The highest BCUT2D eigenvalue weighted by Gasteiger charge is 2.37. The Bertz CT molecular complexity index is 282. The molecule has 1 saturated heterocycles. The molecule has 0 unspecified atom stereocenters. The number of carbonyl (C=O) groups excluding carboxylic acids is 1. The Morgan fingerprint density at radius 3 is 2.67 bits per heavy atom. The molecule has 15 heavy (non-hydrogen) atoms. The zero-order chi connectivity index (χ0) is 11.5. The van der Waals surface area contributed by atoms with Crippen LogP contribution >= 0.6 is 0 Å². The molecule has 0 bridgehead atoms. The molecule has 0 spiro atoms. The van der Waals surface area contributed by atoms with E-state index in [1.807, 2.05) is 0 Å². The first-order chi connectivity index (χ1) is 6.87. The van der Waals surface area contributed by atoms with Crippen LogP contribution < -0.4 is 5.32 Å². The number of nitriles is 1. The average molecular weight is 212 g/mol. The van der Waals surface area contributed by atoms with Crippen LogP contribution in [0.5, 0.6) is 0 Å². The van der Waals surface area contributed by atoms with E-state index in [0.717, 1.165) is 0 Å². The molecule has 0 aliphatic carbocycles. The summed E-state index contributed by atoms with van der Waals surface area (Å²) in [4.78, 5) is 11.4. The van der Waals surface area contributed by atoms with Gasteiger partial charge in [-0.2, -0.15) is 5.26 Å². The summed E-state index contributed by atoms with van der Waals surface area (Å²) < 4.78 is 10.2. The second kappa shape index (κ2) is 4.07. The van der Waals surface area contributed by atoms with Gasteiger partial charge < -0.3 is 14.8 Å². The number of amides is 1. The maximum absolute atomic E-state index is 11.4. The molecule has 1 aliphatic rings. The van der Waals surface area contributed by atoms with E-state index in [-0.39, 0.29) is 6.61 Å². The van der Waals surface area contributed by atoms with Crippen molar-refractivity contribution in [1.82, 2.24) is 5.32 Å². The van der Waals surface area contributed by atoms with Gasteiger partial charge in [-0.15, -0.1) is 0 Å². The summed E-state index contributed by atoms with van der Waals surface area (Å²) in [5, 5.41) is 11.5. The highest BCUT2D eigenvalue weighted by molar-refractivity contribution is 5.69. The van der Waals surface area contributed by atoms with Gasteiger partial charge in [0.1, 0.15) is 5.60 Å². The van der Waals surface area contributed by atoms with Crippen LogP contribution in [0, 0.1) is 11.3 Å². The quantitative estimate of drug-likeness (QED) is 0.708. The number of nitrogens with one attached hydrogen (secondary N) is 1. The van der Waals surface area contributed by atoms with Crippen molar-refractivity contribution in [3.63, 3.8) is 0 Å². The van der Waals surface area contributed by atoms with Crippen molar-refractivity contribution in [2.45, 2.75) is 38.3 Å². The highest BCUT2D eigenvalue weighted by Crippen LogP contribution is 2.18. The number of hydrogen-bond acceptors (Lipinski definition) is 4. The number of nitrogens with zero attached hydrogens (tertiary/aromatic N) is 1. The third-order valence-corrected chi connectivity index (χ3v) is 1.98. The van der Waals surface area contributed by atoms with Crippen LogP contribution in [-0.2, 0) is 9.47 Å². The van der Waals surface area contributed by atoms with Crippen LogP contribution in [0.4, 0.5) is 4.79 Å². The Labute approximate surface area is 89.3 Å². The van der Waals surface area contributed by atoms with Crippen LogP contribution in [0.25, 0.3) is 0 Å². The van der Waals surface area contributed by atoms with Crippen molar-refractivity contribution in [3.8, 4) is 6.07 Å². The van der Waals surface area contributed by atoms with E-state index < -0.39 is 17.2 Å². The van der Waals surface area contributed by atoms with E-state index in [0.29, 0.717) is 13.0 Å². The van der Waals surface area contributed by atoms with Gasteiger partial charge in [0.15, 0.2) is 5.54 Å². The second-order valence-electron chi connectivity index (χ2n) is 4.62. The molecule has 1 amide bonds. The molecule has 1 heterocycles. The Morgan fingerprint density at radius 2 is 2.27 bits per heavy atom. The van der Waals surface area contributed by atoms with Gasteiger partial charge >= 0.3 is 6.09 Å². The van der Waals surface area contributed by atoms with E-state index in [1.165, 1.54) is 0 Å². The summed E-state index contributed by atoms with van der Waals surface area (Å²) >= 11 is 0. The van der Waals surface area contributed by atoms with E-state index in [1.54, 1.807) is 20.8 Å². The van der Waals surface area contributed by atoms with Crippen LogP contribution in [0.1, 0.15) is 27.2 Å². The van der Waals surface area contributed by atoms with Gasteiger partial charge in [-0.1, -0.05) is 0 Å². The van der Waals surface area contributed by atoms with Crippen molar-refractivity contribution in [2.75, 3.05) is 13.2 Å². The molecule has 84 valence electrons. The smallest absolute Gasteiger partial charge is 0.409 e. The van der Waals surface area contributed by atoms with Crippen molar-refractivity contribution in [2.24, 2.45) is 0 Å². The SMILES string of the molecule is CC(C)(C)OC(=O)N[C@@]1(C#N)CCOC1. The van der Waals surface area contributed by atoms with E-state index in [9.17, 15) is 4.79 Å². The molecule has 1 N–H and O–H groups in total. The fraction of sp³-hybridized carbons (Fsp3) is 0.800. The maximum Gasteiger partial charge on any atom is 0.409 e. The monoisotopic (exact) mass is 212 g/mol. The Kier molecular flexibility index (Phi) is 3.20. The standard InChI is InChI=1S/C10H16N2O3/c1-9(2,3)15-8(13)12-10(6-11)4-5-14-7-10/h4-5,7H2,1-3H3,(H,12,13)/t10-/m1/s1. The largest absolute Gasteiger partial charge is 0.444 e. The zero-order valence-electron chi connectivity index (χ0n) is 9.29. The van der Waals surface area contributed by atoms with Gasteiger partial charge in [-0.3, -0.25) is 0 Å². The number of ether oxygens (including phenoxy) is 2. The summed E-state index contributed by atoms with van der Waals surface area (Å²) in [7, 11) is 0. The first-order valence-electron chi connectivity index (χ1n) is 4.87. The molecule has 0 aromatic carbocycles. The van der Waals surface area contributed by atoms with Crippen LogP contribution in [-0.4, -0.2) is 30.4 Å². The lowest BCUT2D eigenvalue weighted by Gasteiger charge is -2.24. The van der Waals surface area contributed by atoms with Crippen molar-refractivity contribution >= 4 is 6.09 Å². The Balaban J connectivity index is 2.54. The molecule has 1 fully saturated rings. The molecule has 0 radical (unpaired) electrons. The molecular formula is C10H16N2O3. The third-order valence-electron chi connectivity index (χ3n) is 1.98. The Morgan fingerprint density at radius 1 is 1.60 bits per heavy atom. The van der Waals surface area contributed by atoms with Crippen LogP contribution in [0.15, 0.2) is 0 Å². The predicted molar refractivity (Wildman–Crippen MR) is 53.1 cm³/mol. The molecule has 0 aromatic heterocycles. The Hall–Kier alpha value is -1.28. The molecular weight excluding hydrogens is 196 g/mol. The number of alkyl carbamates (subject to hydrolysis) is 1. The van der Waals surface area contributed by atoms with Gasteiger partial charge in [0.2, 0.25) is 0 Å². The lowest BCUT2D eigenvalue weighted by Crippen LogP contribution is -2.49. The van der Waals surface area contributed by atoms with E-state index >= 15 is 0 Å². The lowest BCUT2D eigenvalue weighted by atomic mass is 10.0. The van der Waals surface area contributed by atoms with Crippen LogP contribution in [0.2, 0.25) is 0 Å². The minimum atomic E-state index is -0.914. The lowest BCUT2D eigenvalue weighted by molar-refractivity contribution is 0.0471. The zero-order valence-corrected chi connectivity index (χ0v) is 9.29. The summed E-state index contributed by atoms with van der Waals surface area (Å²) in [6, 6.07) is 2.06. The average Bonchev–Trinajstić information content (AvgIpc) is 2.50. The summed E-state index contributed by atoms with van der Waals surface area (Å²) in [5.41, 5.74) is -1.47. The topological polar surface area (TPSA) is 71.3 Å². The molecule has 1 atom stereocenters. The number of rotatable bonds is 1. The number of hydrogen-bond donors (Lipinski definition) is 1. The molecule has 5 nitrogen and oxygen atoms in total. The molecule has 1 aliphatic heterocycles. The number of carbonyl (C=O) groups is 1. The van der Waals surface area contributed by atoms with Gasteiger partial charge in [0.05, 0.1) is 19.3 Å². The first-order valence-corrected chi connectivity index (χ1v) is 4.87. The maximum atomic E-state index is 11.4. The van der Waals surface area contributed by atoms with Gasteiger partial charge in [-0.05, 0) is 20.8 Å². The van der Waals surface area contributed by atoms with Gasteiger partial charge in [0, 0.05) is 6.42 Å². The molecule has 0 saturated carbocycles. The fourth-order valence-corrected chi connectivity index (χ4v) is 1.28. The molecule has 0 aromatic rings. The normalized spacial score (nSPS) is 25.7.